The molecule has 0 heterocycles. The van der Waals surface area contributed by atoms with Gasteiger partial charge in [0.25, 0.3) is 0 Å². The quantitative estimate of drug-likeness (QED) is 0.889. The van der Waals surface area contributed by atoms with Crippen molar-refractivity contribution in [2.24, 2.45) is 5.73 Å². The van der Waals surface area contributed by atoms with Crippen LogP contribution < -0.4 is 15.8 Å². The highest BCUT2D eigenvalue weighted by molar-refractivity contribution is 5.85. The molecule has 3 N–H and O–H groups in total. The zero-order valence-corrected chi connectivity index (χ0v) is 11.9. The molecule has 0 aliphatic carbocycles. The second kappa shape index (κ2) is 6.26. The van der Waals surface area contributed by atoms with E-state index in [1.54, 1.807) is 31.2 Å². The van der Waals surface area contributed by atoms with E-state index in [1.165, 1.54) is 19.2 Å². The van der Waals surface area contributed by atoms with Gasteiger partial charge in [-0.2, -0.15) is 0 Å². The van der Waals surface area contributed by atoms with Crippen molar-refractivity contribution in [2.75, 3.05) is 12.4 Å². The Hall–Kier alpha value is -2.56. The molecule has 0 spiro atoms. The van der Waals surface area contributed by atoms with Crippen LogP contribution >= 0.6 is 0 Å². The summed E-state index contributed by atoms with van der Waals surface area (Å²) in [6, 6.07) is 10.6. The van der Waals surface area contributed by atoms with E-state index in [0.29, 0.717) is 17.0 Å². The van der Waals surface area contributed by atoms with Crippen LogP contribution in [-0.4, -0.2) is 13.0 Å². The van der Waals surface area contributed by atoms with Crippen molar-refractivity contribution in [3.05, 3.63) is 59.4 Å². The summed E-state index contributed by atoms with van der Waals surface area (Å²) in [7, 11) is 1.53. The molecule has 21 heavy (non-hydrogen) atoms. The molecular formula is C16H17FN2O2. The van der Waals surface area contributed by atoms with Gasteiger partial charge in [0, 0.05) is 0 Å². The third kappa shape index (κ3) is 3.31. The molecule has 2 aromatic carbocycles. The summed E-state index contributed by atoms with van der Waals surface area (Å²) in [6.45, 7) is 1.80. The van der Waals surface area contributed by atoms with Gasteiger partial charge in [0.15, 0.2) is 0 Å². The first kappa shape index (κ1) is 14.8. The number of nitrogens with two attached hydrogens (primary N) is 1. The van der Waals surface area contributed by atoms with Crippen LogP contribution in [0.2, 0.25) is 0 Å². The Morgan fingerprint density at radius 2 is 2.00 bits per heavy atom. The minimum Gasteiger partial charge on any atom is -0.495 e. The molecule has 1 amide bonds. The van der Waals surface area contributed by atoms with Crippen LogP contribution in [0.15, 0.2) is 42.5 Å². The molecule has 0 aromatic heterocycles. The minimum absolute atomic E-state index is 0.413. The summed E-state index contributed by atoms with van der Waals surface area (Å²) >= 11 is 0. The van der Waals surface area contributed by atoms with E-state index < -0.39 is 17.8 Å². The van der Waals surface area contributed by atoms with Crippen LogP contribution in [-0.2, 0) is 4.79 Å². The van der Waals surface area contributed by atoms with Crippen LogP contribution in [0.25, 0.3) is 0 Å². The lowest BCUT2D eigenvalue weighted by atomic mass is 10.00. The Kier molecular flexibility index (Phi) is 4.42. The summed E-state index contributed by atoms with van der Waals surface area (Å²) in [6.07, 6.45) is 0. The van der Waals surface area contributed by atoms with Gasteiger partial charge in [-0.1, -0.05) is 18.2 Å². The van der Waals surface area contributed by atoms with Crippen LogP contribution in [0.4, 0.5) is 10.1 Å². The average molecular weight is 288 g/mol. The molecule has 0 fully saturated rings. The molecule has 0 saturated carbocycles. The first-order chi connectivity index (χ1) is 10.0. The van der Waals surface area contributed by atoms with Crippen LogP contribution in [0, 0.1) is 12.7 Å². The number of methoxy groups -OCH3 is 1. The maximum Gasteiger partial charge on any atom is 0.244 e. The predicted octanol–water partition coefficient (Wildman–Crippen LogP) is 2.78. The van der Waals surface area contributed by atoms with Gasteiger partial charge >= 0.3 is 0 Å². The molecular weight excluding hydrogens is 271 g/mol. The fourth-order valence-corrected chi connectivity index (χ4v) is 2.14. The highest BCUT2D eigenvalue weighted by atomic mass is 19.1. The minimum atomic E-state index is -0.836. The van der Waals surface area contributed by atoms with Gasteiger partial charge in [-0.25, -0.2) is 4.39 Å². The van der Waals surface area contributed by atoms with Crippen molar-refractivity contribution < 1.29 is 13.9 Å². The molecule has 0 bridgehead atoms. The number of carbonyl (C=O) groups is 1. The van der Waals surface area contributed by atoms with Crippen molar-refractivity contribution in [2.45, 2.75) is 13.0 Å². The molecule has 110 valence electrons. The van der Waals surface area contributed by atoms with E-state index in [0.717, 1.165) is 5.56 Å². The maximum atomic E-state index is 13.5. The van der Waals surface area contributed by atoms with Gasteiger partial charge in [0.05, 0.1) is 12.8 Å². The molecule has 2 rings (SSSR count). The summed E-state index contributed by atoms with van der Waals surface area (Å²) < 4.78 is 18.7. The molecule has 4 nitrogen and oxygen atoms in total. The number of aryl methyl sites for hydroxylation is 1. The zero-order valence-electron chi connectivity index (χ0n) is 11.9. The van der Waals surface area contributed by atoms with E-state index in [-0.39, 0.29) is 0 Å². The summed E-state index contributed by atoms with van der Waals surface area (Å²) in [5.41, 5.74) is 7.37. The number of carbonyl (C=O) groups excluding carboxylic acids is 1. The third-order valence-corrected chi connectivity index (χ3v) is 3.24. The Balaban J connectivity index is 2.40. The zero-order chi connectivity index (χ0) is 15.4. The molecule has 0 aliphatic heterocycles. The highest BCUT2D eigenvalue weighted by Gasteiger charge is 2.21. The number of halogens is 1. The molecule has 0 saturated heterocycles. The molecule has 0 radical (unpaired) electrons. The lowest BCUT2D eigenvalue weighted by molar-refractivity contribution is -0.118. The largest absolute Gasteiger partial charge is 0.495 e. The van der Waals surface area contributed by atoms with E-state index in [1.807, 2.05) is 6.07 Å². The van der Waals surface area contributed by atoms with Crippen molar-refractivity contribution in [3.8, 4) is 5.75 Å². The maximum absolute atomic E-state index is 13.5. The van der Waals surface area contributed by atoms with E-state index >= 15 is 0 Å². The second-order valence-electron chi connectivity index (χ2n) is 4.68. The van der Waals surface area contributed by atoms with Gasteiger partial charge in [0.2, 0.25) is 5.91 Å². The van der Waals surface area contributed by atoms with Gasteiger partial charge in [-0.3, -0.25) is 4.79 Å². The number of benzene rings is 2. The lowest BCUT2D eigenvalue weighted by Gasteiger charge is -2.20. The monoisotopic (exact) mass is 288 g/mol. The SMILES string of the molecule is COc1ccccc1NC(C(N)=O)c1cc(F)ccc1C. The number of para-hydroxylation sites is 2. The number of hydrogen-bond acceptors (Lipinski definition) is 3. The number of amides is 1. The standard InChI is InChI=1S/C16H17FN2O2/c1-10-7-8-11(17)9-12(10)15(16(18)20)19-13-5-3-4-6-14(13)21-2/h3-9,15,19H,1-2H3,(H2,18,20). The Morgan fingerprint density at radius 3 is 2.67 bits per heavy atom. The molecule has 2 aromatic rings. The average Bonchev–Trinajstić information content (AvgIpc) is 2.47. The van der Waals surface area contributed by atoms with E-state index in [4.69, 9.17) is 10.5 Å². The molecule has 1 atom stereocenters. The Labute approximate surface area is 122 Å². The van der Waals surface area contributed by atoms with Gasteiger partial charge in [0.1, 0.15) is 17.6 Å². The van der Waals surface area contributed by atoms with Gasteiger partial charge in [-0.05, 0) is 42.3 Å². The Bertz CT molecular complexity index is 658. The van der Waals surface area contributed by atoms with Crippen molar-refractivity contribution in [3.63, 3.8) is 0 Å². The first-order valence-corrected chi connectivity index (χ1v) is 6.48. The van der Waals surface area contributed by atoms with Crippen LogP contribution in [0.1, 0.15) is 17.2 Å². The van der Waals surface area contributed by atoms with Crippen molar-refractivity contribution in [1.29, 1.82) is 0 Å². The molecule has 0 aliphatic rings. The second-order valence-corrected chi connectivity index (χ2v) is 4.68. The van der Waals surface area contributed by atoms with Gasteiger partial charge in [-0.15, -0.1) is 0 Å². The fraction of sp³-hybridized carbons (Fsp3) is 0.188. The highest BCUT2D eigenvalue weighted by Crippen LogP contribution is 2.29. The summed E-state index contributed by atoms with van der Waals surface area (Å²) in [5, 5.41) is 3.02. The smallest absolute Gasteiger partial charge is 0.244 e. The van der Waals surface area contributed by atoms with Crippen molar-refractivity contribution >= 4 is 11.6 Å². The van der Waals surface area contributed by atoms with E-state index in [2.05, 4.69) is 5.32 Å². The third-order valence-electron chi connectivity index (χ3n) is 3.24. The van der Waals surface area contributed by atoms with E-state index in [9.17, 15) is 9.18 Å². The number of hydrogen-bond donors (Lipinski definition) is 2. The Morgan fingerprint density at radius 1 is 1.29 bits per heavy atom. The number of rotatable bonds is 5. The predicted molar refractivity (Wildman–Crippen MR) is 79.7 cm³/mol. The summed E-state index contributed by atoms with van der Waals surface area (Å²) in [4.78, 5) is 11.8. The van der Waals surface area contributed by atoms with Crippen LogP contribution in [0.5, 0.6) is 5.75 Å². The van der Waals surface area contributed by atoms with Crippen LogP contribution in [0.3, 0.4) is 0 Å². The first-order valence-electron chi connectivity index (χ1n) is 6.48. The number of primary amides is 1. The number of ether oxygens (including phenoxy) is 1. The number of anilines is 1. The normalized spacial score (nSPS) is 11.8. The fourth-order valence-electron chi connectivity index (χ4n) is 2.14. The van der Waals surface area contributed by atoms with Crippen molar-refractivity contribution in [1.82, 2.24) is 0 Å². The van der Waals surface area contributed by atoms with Gasteiger partial charge < -0.3 is 15.8 Å². The number of nitrogens with one attached hydrogen (secondary N) is 1. The summed E-state index contributed by atoms with van der Waals surface area (Å²) in [5.74, 6) is -0.420. The topological polar surface area (TPSA) is 64.3 Å². The molecule has 1 unspecified atom stereocenters. The molecule has 5 heteroatoms. The lowest BCUT2D eigenvalue weighted by Crippen LogP contribution is -2.28.